The van der Waals surface area contributed by atoms with E-state index in [1.54, 1.807) is 0 Å². The van der Waals surface area contributed by atoms with E-state index in [2.05, 4.69) is 186 Å². The molecule has 12 aromatic rings. The van der Waals surface area contributed by atoms with Crippen LogP contribution in [0.2, 0.25) is 0 Å². The molecular weight excluding hydrogens is 2200 g/mol. The summed E-state index contributed by atoms with van der Waals surface area (Å²) in [5.41, 5.74) is 34.1. The number of ketones is 3. The zero-order valence-electron chi connectivity index (χ0n) is 84.0. The second-order valence-corrected chi connectivity index (χ2v) is 37.3. The Kier molecular flexibility index (Phi) is 45.3. The number of aromatic nitrogens is 6. The van der Waals surface area contributed by atoms with Crippen LogP contribution in [0, 0.1) is 176 Å². The Morgan fingerprint density at radius 2 is 0.622 bits per heavy atom. The van der Waals surface area contributed by atoms with E-state index in [0.717, 1.165) is 160 Å². The number of carbonyl (C=O) groups excluding carboxylic acids is 3. The van der Waals surface area contributed by atoms with Gasteiger partial charge in [-0.15, -0.1) is 105 Å². The molecule has 0 bridgehead atoms. The largest absolute Gasteiger partial charge is 0.512 e. The van der Waals surface area contributed by atoms with Gasteiger partial charge in [0.15, 0.2) is 34.4 Å². The van der Waals surface area contributed by atoms with Gasteiger partial charge in [0.25, 0.3) is 0 Å². The SMILES string of the molecule is CC(C)(C)C(=O)C=C(O)C(C)(C)C.CC(C)C(=O)C=C(O)C(C)C.CCC(CC)C(=O)C=C(O)C(CC)CC.[C-]#[N+]c1ccc(C)c(-c2cnc(-c3[c-]c(C)cc(C)c3)c(-c3cc(C)cc(C)c3)n2)c1.[C-]#[N+]c1ccc(C)c(-c2cnc(-c3[c-]c(C)cc(C)c3)c(-c3cc(C)cc(C)c3)n2)c1.[C-]#[N+]c1ccc(C)c(-c2cnc(-c3[c-]c(C)cc(C)c3)c(-c3cc(C)cc(C)c3)n2)c1.[Ir].[Ir].[Ir]. The zero-order valence-corrected chi connectivity index (χ0v) is 91.2. The van der Waals surface area contributed by atoms with Gasteiger partial charge in [0.1, 0.15) is 5.76 Å². The van der Waals surface area contributed by atoms with E-state index in [9.17, 15) is 29.7 Å². The fourth-order valence-electron chi connectivity index (χ4n) is 14.8. The minimum absolute atomic E-state index is 0. The van der Waals surface area contributed by atoms with Crippen molar-refractivity contribution in [2.75, 3.05) is 0 Å². The first-order valence-corrected chi connectivity index (χ1v) is 45.3. The first kappa shape index (κ1) is 116. The molecule has 18 heteroatoms. The van der Waals surface area contributed by atoms with Gasteiger partial charge < -0.3 is 30.3 Å². The maximum atomic E-state index is 11.7. The molecule has 711 valence electrons. The molecule has 9 aromatic carbocycles. The Balaban J connectivity index is 0.000000352. The van der Waals surface area contributed by atoms with Crippen LogP contribution in [0.1, 0.15) is 206 Å². The summed E-state index contributed by atoms with van der Waals surface area (Å²) in [6.45, 7) is 79.7. The molecule has 3 heterocycles. The van der Waals surface area contributed by atoms with Gasteiger partial charge in [-0.1, -0.05) is 263 Å². The Labute approximate surface area is 845 Å². The molecule has 135 heavy (non-hydrogen) atoms. The summed E-state index contributed by atoms with van der Waals surface area (Å²) >= 11 is 0. The van der Waals surface area contributed by atoms with E-state index in [1.165, 1.54) is 68.3 Å². The molecule has 0 atom stereocenters. The number of aliphatic hydroxyl groups is 3. The van der Waals surface area contributed by atoms with Crippen LogP contribution in [0.15, 0.2) is 200 Å². The Morgan fingerprint density at radius 1 is 0.348 bits per heavy atom. The second kappa shape index (κ2) is 53.0. The number of hydrogen-bond donors (Lipinski definition) is 3. The molecule has 0 aliphatic rings. The van der Waals surface area contributed by atoms with E-state index < -0.39 is 5.41 Å². The average molecular weight is 2340 g/mol. The van der Waals surface area contributed by atoms with E-state index in [1.807, 2.05) is 212 Å². The van der Waals surface area contributed by atoms with Gasteiger partial charge in [-0.05, 0) is 156 Å². The van der Waals surface area contributed by atoms with Crippen LogP contribution in [0.3, 0.4) is 0 Å². The van der Waals surface area contributed by atoms with Gasteiger partial charge in [-0.3, -0.25) is 29.3 Å². The molecule has 12 rings (SSSR count). The quantitative estimate of drug-likeness (QED) is 0.0371. The van der Waals surface area contributed by atoms with Crippen molar-refractivity contribution in [2.24, 2.45) is 34.5 Å². The molecule has 0 spiro atoms. The first-order chi connectivity index (χ1) is 62.1. The third kappa shape index (κ3) is 33.9. The molecule has 3 N–H and O–H groups in total. The van der Waals surface area contributed by atoms with Gasteiger partial charge in [-0.2, -0.15) is 0 Å². The van der Waals surface area contributed by atoms with Crippen LogP contribution < -0.4 is 0 Å². The fraction of sp³-hybridized carbons (Fsp3) is 0.333. The number of nitrogens with zero attached hydrogens (tertiary/aromatic N) is 9. The normalized spacial score (nSPS) is 11.2. The number of aliphatic hydroxyl groups excluding tert-OH is 3. The number of allylic oxidation sites excluding steroid dienone is 6. The summed E-state index contributed by atoms with van der Waals surface area (Å²) in [5.74, 6) is 0.812. The predicted molar refractivity (Wildman–Crippen MR) is 545 cm³/mol. The Bertz CT molecular complexity index is 5790. The number of benzene rings is 9. The minimum Gasteiger partial charge on any atom is -0.512 e. The molecule has 15 nitrogen and oxygen atoms in total. The Hall–Kier alpha value is -11.7. The van der Waals surface area contributed by atoms with E-state index in [4.69, 9.17) is 49.6 Å². The molecule has 0 saturated heterocycles. The van der Waals surface area contributed by atoms with Crippen molar-refractivity contribution in [2.45, 2.75) is 226 Å². The van der Waals surface area contributed by atoms with E-state index in [0.29, 0.717) is 17.1 Å². The van der Waals surface area contributed by atoms with Crippen LogP contribution in [0.25, 0.3) is 116 Å². The average Bonchev–Trinajstić information content (AvgIpc) is 0.786. The first-order valence-electron chi connectivity index (χ1n) is 45.3. The molecule has 0 aliphatic carbocycles. The van der Waals surface area contributed by atoms with Crippen molar-refractivity contribution < 1.29 is 90.0 Å². The van der Waals surface area contributed by atoms with Gasteiger partial charge in [-0.25, -0.2) is 14.5 Å². The fourth-order valence-corrected chi connectivity index (χ4v) is 14.8. The summed E-state index contributed by atoms with van der Waals surface area (Å²) in [4.78, 5) is 74.8. The standard InChI is InChI=1S/3C28H24N3.C13H24O2.C11H20O2.C9H16O2.3Ir/c3*1-17-9-18(2)12-22(11-17)27-28(23-13-19(3)10-20(4)14-23)31-26(16-30-27)25-15-24(29-6)8-7-21(25)5;1-5-10(6-2)12(14)9-13(15)11(7-3)8-4;1-10(2,3)8(12)7-9(13)11(4,5)6;1-6(2)8(10)5-9(11)7(3)4;;;/h3*7-11,13-16H,1-5H3;9-11,14H,5-8H2,1-4H3;7,12H,1-6H3;5-7,10H,1-4H3;;;/q3*-1;;;;;;. The van der Waals surface area contributed by atoms with Gasteiger partial charge in [0.05, 0.1) is 65.4 Å². The topological polar surface area (TPSA) is 202 Å². The molecule has 0 aliphatic heterocycles. The number of carbonyl (C=O) groups is 3. The summed E-state index contributed by atoms with van der Waals surface area (Å²) in [6, 6.07) is 59.4. The van der Waals surface area contributed by atoms with Gasteiger partial charge >= 0.3 is 0 Å². The van der Waals surface area contributed by atoms with Crippen molar-refractivity contribution >= 4 is 34.4 Å². The molecule has 0 fully saturated rings. The summed E-state index contributed by atoms with van der Waals surface area (Å²) < 4.78 is 0. The Morgan fingerprint density at radius 3 is 0.859 bits per heavy atom. The maximum Gasteiger partial charge on any atom is 0.187 e. The van der Waals surface area contributed by atoms with Crippen LogP contribution >= 0.6 is 0 Å². The molecule has 3 aromatic heterocycles. The number of aryl methyl sites for hydroxylation is 15. The molecule has 3 radical (unpaired) electrons. The molecule has 0 unspecified atom stereocenters. The van der Waals surface area contributed by atoms with Crippen molar-refractivity contribution in [1.29, 1.82) is 0 Å². The van der Waals surface area contributed by atoms with E-state index in [-0.39, 0.29) is 124 Å². The van der Waals surface area contributed by atoms with Crippen LogP contribution in [-0.2, 0) is 74.7 Å². The molecule has 0 saturated carbocycles. The van der Waals surface area contributed by atoms with Crippen molar-refractivity contribution in [3.05, 3.63) is 336 Å². The van der Waals surface area contributed by atoms with Crippen molar-refractivity contribution in [3.8, 4) is 101 Å². The summed E-state index contributed by atoms with van der Waals surface area (Å²) in [6.07, 6.45) is 13.0. The molecular formula is C117H132Ir3N9O6-3. The van der Waals surface area contributed by atoms with Gasteiger partial charge in [0, 0.05) is 149 Å². The molecule has 0 amide bonds. The smallest absolute Gasteiger partial charge is 0.187 e. The second-order valence-electron chi connectivity index (χ2n) is 37.3. The van der Waals surface area contributed by atoms with Crippen LogP contribution in [-0.4, -0.2) is 62.6 Å². The van der Waals surface area contributed by atoms with Crippen molar-refractivity contribution in [3.63, 3.8) is 0 Å². The van der Waals surface area contributed by atoms with Gasteiger partial charge in [0.2, 0.25) is 0 Å². The third-order valence-electron chi connectivity index (χ3n) is 22.2. The van der Waals surface area contributed by atoms with Crippen LogP contribution in [0.4, 0.5) is 17.1 Å². The predicted octanol–water partition coefficient (Wildman–Crippen LogP) is 31.4. The van der Waals surface area contributed by atoms with E-state index >= 15 is 0 Å². The monoisotopic (exact) mass is 2340 g/mol. The maximum absolute atomic E-state index is 11.7. The summed E-state index contributed by atoms with van der Waals surface area (Å²) in [5, 5.41) is 28.5. The third-order valence-corrected chi connectivity index (χ3v) is 22.2. The summed E-state index contributed by atoms with van der Waals surface area (Å²) in [7, 11) is 0. The minimum atomic E-state index is -0.417. The zero-order chi connectivity index (χ0) is 98.1. The number of rotatable bonds is 20. The number of hydrogen-bond acceptors (Lipinski definition) is 12. The van der Waals surface area contributed by atoms with Crippen LogP contribution in [0.5, 0.6) is 0 Å². The van der Waals surface area contributed by atoms with Crippen molar-refractivity contribution in [1.82, 2.24) is 29.9 Å².